The van der Waals surface area contributed by atoms with E-state index in [0.717, 1.165) is 17.0 Å². The summed E-state index contributed by atoms with van der Waals surface area (Å²) in [5, 5.41) is 5.37. The van der Waals surface area contributed by atoms with E-state index in [2.05, 4.69) is 10.2 Å². The zero-order chi connectivity index (χ0) is 16.2. The fraction of sp³-hybridized carbons (Fsp3) is 0.375. The van der Waals surface area contributed by atoms with Gasteiger partial charge in [0.1, 0.15) is 11.5 Å². The molecule has 23 heavy (non-hydrogen) atoms. The van der Waals surface area contributed by atoms with E-state index in [1.165, 1.54) is 0 Å². The molecule has 122 valence electrons. The number of benzene rings is 1. The maximum absolute atomic E-state index is 12.2. The van der Waals surface area contributed by atoms with Gasteiger partial charge in [-0.2, -0.15) is 0 Å². The molecule has 3 rings (SSSR count). The zero-order valence-electron chi connectivity index (χ0n) is 12.9. The van der Waals surface area contributed by atoms with Gasteiger partial charge in [0, 0.05) is 12.1 Å². The molecule has 1 aromatic carbocycles. The van der Waals surface area contributed by atoms with E-state index in [9.17, 15) is 9.59 Å². The van der Waals surface area contributed by atoms with Crippen LogP contribution in [0.15, 0.2) is 29.1 Å². The summed E-state index contributed by atoms with van der Waals surface area (Å²) in [6.07, 6.45) is 0.558. The van der Waals surface area contributed by atoms with Crippen molar-refractivity contribution in [1.29, 1.82) is 0 Å². The maximum atomic E-state index is 12.2. The average molecular weight is 317 g/mol. The van der Waals surface area contributed by atoms with Crippen molar-refractivity contribution in [1.82, 2.24) is 15.1 Å². The quantitative estimate of drug-likeness (QED) is 0.863. The molecule has 7 nitrogen and oxygen atoms in total. The lowest BCUT2D eigenvalue weighted by atomic mass is 10.1. The number of nitrogens with one attached hydrogen (secondary N) is 2. The van der Waals surface area contributed by atoms with Gasteiger partial charge in [0.05, 0.1) is 18.8 Å². The summed E-state index contributed by atoms with van der Waals surface area (Å²) in [5.41, 5.74) is 1.41. The summed E-state index contributed by atoms with van der Waals surface area (Å²) >= 11 is 0. The summed E-state index contributed by atoms with van der Waals surface area (Å²) in [7, 11) is 0. The SMILES string of the molecule is CCOc1ccc(OCC(=O)N2CCc3c([nH][nH]c3=O)C2)cc1. The molecule has 0 spiro atoms. The van der Waals surface area contributed by atoms with Crippen molar-refractivity contribution in [3.63, 3.8) is 0 Å². The Balaban J connectivity index is 1.54. The topological polar surface area (TPSA) is 87.4 Å². The third-order valence-electron chi connectivity index (χ3n) is 3.80. The molecule has 1 amide bonds. The first kappa shape index (κ1) is 15.2. The molecule has 0 aliphatic carbocycles. The standard InChI is InChI=1S/C16H19N3O4/c1-2-22-11-3-5-12(6-4-11)23-10-15(20)19-8-7-13-14(9-19)17-18-16(13)21/h3-6H,2,7-10H2,1H3,(H2,17,18,21). The van der Waals surface area contributed by atoms with Crippen LogP contribution in [0.2, 0.25) is 0 Å². The Morgan fingerprint density at radius 1 is 1.17 bits per heavy atom. The van der Waals surface area contributed by atoms with Gasteiger partial charge >= 0.3 is 0 Å². The average Bonchev–Trinajstić information content (AvgIpc) is 2.95. The van der Waals surface area contributed by atoms with Crippen LogP contribution in [0.1, 0.15) is 18.2 Å². The van der Waals surface area contributed by atoms with E-state index in [1.54, 1.807) is 29.2 Å². The van der Waals surface area contributed by atoms with Crippen LogP contribution in [-0.4, -0.2) is 40.8 Å². The molecule has 1 aliphatic heterocycles. The number of hydrogen-bond acceptors (Lipinski definition) is 4. The largest absolute Gasteiger partial charge is 0.494 e. The summed E-state index contributed by atoms with van der Waals surface area (Å²) in [5.74, 6) is 1.28. The third kappa shape index (κ3) is 3.39. The molecule has 0 saturated carbocycles. The summed E-state index contributed by atoms with van der Waals surface area (Å²) in [6, 6.07) is 7.16. The van der Waals surface area contributed by atoms with Gasteiger partial charge in [-0.15, -0.1) is 0 Å². The second-order valence-corrected chi connectivity index (χ2v) is 5.29. The van der Waals surface area contributed by atoms with Crippen LogP contribution >= 0.6 is 0 Å². The van der Waals surface area contributed by atoms with Crippen LogP contribution < -0.4 is 15.0 Å². The van der Waals surface area contributed by atoms with Crippen molar-refractivity contribution in [2.45, 2.75) is 19.9 Å². The minimum absolute atomic E-state index is 0.0298. The van der Waals surface area contributed by atoms with E-state index in [4.69, 9.17) is 9.47 Å². The molecule has 2 N–H and O–H groups in total. The molecule has 1 aliphatic rings. The van der Waals surface area contributed by atoms with E-state index >= 15 is 0 Å². The monoisotopic (exact) mass is 317 g/mol. The van der Waals surface area contributed by atoms with Crippen molar-refractivity contribution in [3.05, 3.63) is 45.9 Å². The summed E-state index contributed by atoms with van der Waals surface area (Å²) in [6.45, 7) is 3.43. The Labute approximate surface area is 133 Å². The molecule has 0 fully saturated rings. The highest BCUT2D eigenvalue weighted by atomic mass is 16.5. The van der Waals surface area contributed by atoms with Crippen molar-refractivity contribution in [2.24, 2.45) is 0 Å². The van der Waals surface area contributed by atoms with Crippen LogP contribution in [0.25, 0.3) is 0 Å². The lowest BCUT2D eigenvalue weighted by Crippen LogP contribution is -2.39. The van der Waals surface area contributed by atoms with E-state index in [1.807, 2.05) is 6.92 Å². The Bertz CT molecular complexity index is 733. The number of H-pyrrole nitrogens is 2. The van der Waals surface area contributed by atoms with Crippen LogP contribution in [0.3, 0.4) is 0 Å². The Morgan fingerprint density at radius 3 is 2.57 bits per heavy atom. The number of carbonyl (C=O) groups is 1. The van der Waals surface area contributed by atoms with Crippen molar-refractivity contribution in [2.75, 3.05) is 19.8 Å². The van der Waals surface area contributed by atoms with E-state index < -0.39 is 0 Å². The highest BCUT2D eigenvalue weighted by Crippen LogP contribution is 2.18. The maximum Gasteiger partial charge on any atom is 0.267 e. The lowest BCUT2D eigenvalue weighted by molar-refractivity contribution is -0.134. The van der Waals surface area contributed by atoms with Gasteiger partial charge in [0.15, 0.2) is 6.61 Å². The number of carbonyl (C=O) groups excluding carboxylic acids is 1. The number of fused-ring (bicyclic) bond motifs is 1. The first-order valence-electron chi connectivity index (χ1n) is 7.59. The normalized spacial score (nSPS) is 13.5. The van der Waals surface area contributed by atoms with Gasteiger partial charge in [0.2, 0.25) is 0 Å². The summed E-state index contributed by atoms with van der Waals surface area (Å²) < 4.78 is 10.9. The van der Waals surface area contributed by atoms with Gasteiger partial charge in [-0.1, -0.05) is 0 Å². The smallest absolute Gasteiger partial charge is 0.267 e. The molecule has 2 aromatic rings. The molecule has 0 radical (unpaired) electrons. The van der Waals surface area contributed by atoms with E-state index in [-0.39, 0.29) is 18.1 Å². The second-order valence-electron chi connectivity index (χ2n) is 5.29. The van der Waals surface area contributed by atoms with Crippen LogP contribution in [0, 0.1) is 0 Å². The van der Waals surface area contributed by atoms with Gasteiger partial charge in [-0.25, -0.2) is 0 Å². The fourth-order valence-electron chi connectivity index (χ4n) is 2.58. The second kappa shape index (κ2) is 6.60. The minimum Gasteiger partial charge on any atom is -0.494 e. The van der Waals surface area contributed by atoms with Crippen LogP contribution in [0.4, 0.5) is 0 Å². The van der Waals surface area contributed by atoms with Gasteiger partial charge in [0.25, 0.3) is 11.5 Å². The summed E-state index contributed by atoms with van der Waals surface area (Å²) in [4.78, 5) is 25.4. The number of aromatic amines is 2. The van der Waals surface area contributed by atoms with Gasteiger partial charge in [-0.05, 0) is 37.6 Å². The van der Waals surface area contributed by atoms with Crippen molar-refractivity contribution >= 4 is 5.91 Å². The molecule has 1 aromatic heterocycles. The van der Waals surface area contributed by atoms with E-state index in [0.29, 0.717) is 31.9 Å². The first-order valence-corrected chi connectivity index (χ1v) is 7.59. The molecule has 0 saturated heterocycles. The van der Waals surface area contributed by atoms with Crippen molar-refractivity contribution in [3.8, 4) is 11.5 Å². The van der Waals surface area contributed by atoms with Crippen LogP contribution in [0.5, 0.6) is 11.5 Å². The molecule has 0 unspecified atom stereocenters. The molecule has 0 bridgehead atoms. The molecule has 2 heterocycles. The Kier molecular flexibility index (Phi) is 4.36. The lowest BCUT2D eigenvalue weighted by Gasteiger charge is -2.26. The molecule has 0 atom stereocenters. The highest BCUT2D eigenvalue weighted by Gasteiger charge is 2.23. The fourth-order valence-corrected chi connectivity index (χ4v) is 2.58. The zero-order valence-corrected chi connectivity index (χ0v) is 12.9. The number of rotatable bonds is 5. The number of aromatic nitrogens is 2. The Morgan fingerprint density at radius 2 is 1.87 bits per heavy atom. The first-order chi connectivity index (χ1) is 11.2. The minimum atomic E-state index is -0.105. The number of ether oxygens (including phenoxy) is 2. The highest BCUT2D eigenvalue weighted by molar-refractivity contribution is 5.78. The predicted molar refractivity (Wildman–Crippen MR) is 83.6 cm³/mol. The van der Waals surface area contributed by atoms with Crippen molar-refractivity contribution < 1.29 is 14.3 Å². The van der Waals surface area contributed by atoms with Gasteiger partial charge < -0.3 is 19.5 Å². The number of amides is 1. The molecular formula is C16H19N3O4. The third-order valence-corrected chi connectivity index (χ3v) is 3.80. The molecule has 7 heteroatoms. The Hall–Kier alpha value is -2.70. The number of nitrogens with zero attached hydrogens (tertiary/aromatic N) is 1. The number of hydrogen-bond donors (Lipinski definition) is 2. The van der Waals surface area contributed by atoms with Gasteiger partial charge in [-0.3, -0.25) is 14.7 Å². The van der Waals surface area contributed by atoms with Crippen LogP contribution in [-0.2, 0) is 17.8 Å². The molecular weight excluding hydrogens is 298 g/mol. The predicted octanol–water partition coefficient (Wildman–Crippen LogP) is 1.07.